The van der Waals surface area contributed by atoms with Crippen LogP contribution in [0.25, 0.3) is 0 Å². The van der Waals surface area contributed by atoms with Gasteiger partial charge in [0.05, 0.1) is 3.74 Å². The van der Waals surface area contributed by atoms with E-state index in [1.165, 1.54) is 27.9 Å². The maximum absolute atomic E-state index is 3.40. The number of hydrogen-bond acceptors (Lipinski definition) is 0. The van der Waals surface area contributed by atoms with Crippen LogP contribution in [0.15, 0.2) is 30.3 Å². The molecule has 0 fully saturated rings. The van der Waals surface area contributed by atoms with Crippen LogP contribution >= 0.6 is 44.1 Å². The van der Waals surface area contributed by atoms with Gasteiger partial charge in [-0.25, -0.2) is 0 Å². The van der Waals surface area contributed by atoms with Crippen LogP contribution in [0.3, 0.4) is 0 Å². The first kappa shape index (κ1) is 12.5. The van der Waals surface area contributed by atoms with E-state index in [1.807, 2.05) is 18.2 Å². The Morgan fingerprint density at radius 2 is 1.45 bits per heavy atom. The molecule has 0 aliphatic rings. The minimum atomic E-state index is 0.284. The molecule has 0 radical (unpaired) electrons. The number of halogens is 3. The second-order valence-electron chi connectivity index (χ2n) is 1.71. The predicted molar refractivity (Wildman–Crippen MR) is 56.0 cm³/mol. The van der Waals surface area contributed by atoms with E-state index in [0.717, 1.165) is 0 Å². The zero-order valence-electron chi connectivity index (χ0n) is 5.60. The van der Waals surface area contributed by atoms with Crippen molar-refractivity contribution < 1.29 is 22.4 Å². The molecule has 0 aliphatic heterocycles. The van der Waals surface area contributed by atoms with Crippen molar-refractivity contribution in [2.45, 2.75) is 3.74 Å². The fraction of sp³-hybridized carbons (Fsp3) is 0.143. The predicted octanol–water partition coefficient (Wildman–Crippen LogP) is 4.32. The average molecular weight is 421 g/mol. The first-order valence-electron chi connectivity index (χ1n) is 2.82. The van der Waals surface area contributed by atoms with Gasteiger partial charge in [0.15, 0.2) is 0 Å². The fourth-order valence-corrected chi connectivity index (χ4v) is 1.21. The standard InChI is InChI=1S/C7H6Br2.BrH.Zr/c8-7(9)6-4-2-1-3-5-6;;/h1-5,7H;1H;/q;;+1/p-1. The van der Waals surface area contributed by atoms with Crippen molar-refractivity contribution in [3.05, 3.63) is 35.9 Å². The summed E-state index contributed by atoms with van der Waals surface area (Å²) >= 11 is 11.2. The van der Waals surface area contributed by atoms with Gasteiger partial charge in [0, 0.05) is 0 Å². The molecule has 0 N–H and O–H groups in total. The summed E-state index contributed by atoms with van der Waals surface area (Å²) in [7, 11) is 0. The van der Waals surface area contributed by atoms with Gasteiger partial charge in [0.2, 0.25) is 0 Å². The van der Waals surface area contributed by atoms with Crippen molar-refractivity contribution in [2.75, 3.05) is 0 Å². The van der Waals surface area contributed by atoms with E-state index in [-0.39, 0.29) is 3.74 Å². The number of rotatable bonds is 1. The number of benzene rings is 1. The van der Waals surface area contributed by atoms with Gasteiger partial charge in [0.25, 0.3) is 0 Å². The van der Waals surface area contributed by atoms with Crippen molar-refractivity contribution in [2.24, 2.45) is 0 Å². The van der Waals surface area contributed by atoms with Crippen LogP contribution in [0.4, 0.5) is 0 Å². The van der Waals surface area contributed by atoms with Gasteiger partial charge in [-0.3, -0.25) is 0 Å². The molecule has 4 heteroatoms. The van der Waals surface area contributed by atoms with Crippen LogP contribution in [0.5, 0.6) is 0 Å². The molecule has 0 bridgehead atoms. The monoisotopic (exact) mass is 417 g/mol. The van der Waals surface area contributed by atoms with Gasteiger partial charge in [-0.1, -0.05) is 62.2 Å². The van der Waals surface area contributed by atoms with E-state index in [1.54, 1.807) is 0 Å². The molecule has 0 amide bonds. The second-order valence-corrected chi connectivity index (χ2v) is 4.77. The first-order chi connectivity index (χ1) is 5.30. The summed E-state index contributed by atoms with van der Waals surface area (Å²) in [5.41, 5.74) is 1.25. The Balaban J connectivity index is 0.000000461. The van der Waals surface area contributed by atoms with Crippen LogP contribution in [-0.2, 0) is 22.4 Å². The molecule has 0 saturated carbocycles. The number of hydrogen-bond donors (Lipinski definition) is 0. The summed E-state index contributed by atoms with van der Waals surface area (Å²) in [6.45, 7) is 0. The van der Waals surface area contributed by atoms with Gasteiger partial charge in [0.1, 0.15) is 0 Å². The van der Waals surface area contributed by atoms with Gasteiger partial charge in [-0.05, 0) is 5.56 Å². The summed E-state index contributed by atoms with van der Waals surface area (Å²) in [4.78, 5) is 0. The van der Waals surface area contributed by atoms with Gasteiger partial charge in [-0.2, -0.15) is 0 Å². The molecular weight excluding hydrogens is 415 g/mol. The minimum absolute atomic E-state index is 0.284. The Morgan fingerprint density at radius 3 is 1.73 bits per heavy atom. The van der Waals surface area contributed by atoms with Crippen LogP contribution < -0.4 is 0 Å². The first-order valence-corrected chi connectivity index (χ1v) is 10.3. The van der Waals surface area contributed by atoms with E-state index in [2.05, 4.69) is 56.2 Å². The van der Waals surface area contributed by atoms with E-state index in [9.17, 15) is 0 Å². The Morgan fingerprint density at radius 1 is 1.00 bits per heavy atom. The molecular formula is C7H6Br3Zr. The third-order valence-corrected chi connectivity index (χ3v) is 2.11. The SMILES string of the molecule is BrC(Br)c1ccccc1.[Br][Zr]. The summed E-state index contributed by atoms with van der Waals surface area (Å²) < 4.78 is 0.284. The molecule has 0 aromatic heterocycles. The van der Waals surface area contributed by atoms with Gasteiger partial charge < -0.3 is 0 Å². The van der Waals surface area contributed by atoms with Crippen LogP contribution in [0.1, 0.15) is 9.30 Å². The molecule has 59 valence electrons. The Hall–Kier alpha value is 1.54. The maximum atomic E-state index is 3.40. The Kier molecular flexibility index (Phi) is 9.30. The summed E-state index contributed by atoms with van der Waals surface area (Å²) in [6, 6.07) is 10.2. The molecule has 0 unspecified atom stereocenters. The topological polar surface area (TPSA) is 0 Å². The van der Waals surface area contributed by atoms with Crippen LogP contribution in [0, 0.1) is 0 Å². The van der Waals surface area contributed by atoms with E-state index < -0.39 is 0 Å². The molecule has 1 aromatic carbocycles. The summed E-state index contributed by atoms with van der Waals surface area (Å²) in [5.74, 6) is 0. The third kappa shape index (κ3) is 5.73. The van der Waals surface area contributed by atoms with Gasteiger partial charge >= 0.3 is 34.6 Å². The summed E-state index contributed by atoms with van der Waals surface area (Å²) in [6.07, 6.45) is 0. The molecule has 1 aromatic rings. The number of alkyl halides is 2. The zero-order valence-corrected chi connectivity index (χ0v) is 12.8. The molecule has 0 aliphatic carbocycles. The van der Waals surface area contributed by atoms with Crippen molar-refractivity contribution in [3.8, 4) is 0 Å². The van der Waals surface area contributed by atoms with E-state index in [4.69, 9.17) is 0 Å². The Bertz CT molecular complexity index is 176. The quantitative estimate of drug-likeness (QED) is 0.593. The average Bonchev–Trinajstić information content (AvgIpc) is 2.10. The molecule has 0 saturated heterocycles. The fourth-order valence-electron chi connectivity index (χ4n) is 0.599. The summed E-state index contributed by atoms with van der Waals surface area (Å²) in [5, 5.41) is 0. The molecule has 0 atom stereocenters. The molecule has 0 spiro atoms. The second kappa shape index (κ2) is 8.16. The zero-order chi connectivity index (χ0) is 8.69. The Labute approximate surface area is 105 Å². The van der Waals surface area contributed by atoms with E-state index >= 15 is 0 Å². The molecule has 11 heavy (non-hydrogen) atoms. The van der Waals surface area contributed by atoms with Crippen molar-refractivity contribution in [1.82, 2.24) is 0 Å². The van der Waals surface area contributed by atoms with E-state index in [0.29, 0.717) is 0 Å². The van der Waals surface area contributed by atoms with Crippen molar-refractivity contribution in [1.29, 1.82) is 0 Å². The molecule has 0 nitrogen and oxygen atoms in total. The normalized spacial score (nSPS) is 8.64. The molecule has 0 heterocycles. The molecule has 1 rings (SSSR count). The third-order valence-electron chi connectivity index (χ3n) is 1.05. The van der Waals surface area contributed by atoms with Crippen molar-refractivity contribution >= 4 is 44.1 Å². The van der Waals surface area contributed by atoms with Crippen LogP contribution in [-0.4, -0.2) is 0 Å². The van der Waals surface area contributed by atoms with Crippen molar-refractivity contribution in [3.63, 3.8) is 0 Å². The van der Waals surface area contributed by atoms with Crippen LogP contribution in [0.2, 0.25) is 0 Å². The van der Waals surface area contributed by atoms with Gasteiger partial charge in [-0.15, -0.1) is 0 Å².